The molecule has 0 spiro atoms. The van der Waals surface area contributed by atoms with Crippen molar-refractivity contribution >= 4 is 17.3 Å². The van der Waals surface area contributed by atoms with Gasteiger partial charge in [-0.05, 0) is 5.92 Å². The maximum atomic E-state index is 10.7. The monoisotopic (exact) mass is 227 g/mol. The molecule has 0 aromatic carbocycles. The summed E-state index contributed by atoms with van der Waals surface area (Å²) >= 11 is 1.55. The summed E-state index contributed by atoms with van der Waals surface area (Å²) in [4.78, 5) is 15.2. The zero-order chi connectivity index (χ0) is 11.6. The van der Waals surface area contributed by atoms with E-state index in [1.165, 1.54) is 0 Å². The Kier molecular flexibility index (Phi) is 3.50. The van der Waals surface area contributed by atoms with Gasteiger partial charge in [-0.15, -0.1) is 11.3 Å². The first-order chi connectivity index (χ1) is 6.83. The van der Waals surface area contributed by atoms with Gasteiger partial charge in [0.2, 0.25) is 0 Å². The van der Waals surface area contributed by atoms with Crippen LogP contribution in [0.4, 0.5) is 0 Å². The van der Waals surface area contributed by atoms with Crippen molar-refractivity contribution in [2.75, 3.05) is 0 Å². The number of rotatable bonds is 4. The van der Waals surface area contributed by atoms with Crippen molar-refractivity contribution in [3.63, 3.8) is 0 Å². The lowest BCUT2D eigenvalue weighted by molar-refractivity contribution is -0.138. The highest BCUT2D eigenvalue weighted by Gasteiger charge is 2.27. The Balaban J connectivity index is 2.89. The number of nitrogens with zero attached hydrogens (tertiary/aromatic N) is 1. The molecule has 0 radical (unpaired) electrons. The number of aromatic nitrogens is 1. The number of carboxylic acid groups (broad SMARTS) is 1. The third-order valence-corrected chi connectivity index (χ3v) is 3.51. The molecule has 0 saturated heterocycles. The minimum atomic E-state index is -0.777. The molecule has 1 heterocycles. The van der Waals surface area contributed by atoms with Gasteiger partial charge in [-0.25, -0.2) is 4.98 Å². The molecule has 1 N–H and O–H groups in total. The molecule has 0 aliphatic carbocycles. The Hall–Kier alpha value is -0.900. The summed E-state index contributed by atoms with van der Waals surface area (Å²) in [5, 5.41) is 11.7. The maximum absolute atomic E-state index is 10.7. The van der Waals surface area contributed by atoms with Crippen molar-refractivity contribution in [2.24, 2.45) is 0 Å². The molecular weight excluding hydrogens is 210 g/mol. The summed E-state index contributed by atoms with van der Waals surface area (Å²) in [5.74, 6) is -0.378. The molecule has 0 aliphatic rings. The van der Waals surface area contributed by atoms with E-state index in [0.717, 1.165) is 10.7 Å². The van der Waals surface area contributed by atoms with Gasteiger partial charge in [-0.2, -0.15) is 0 Å². The van der Waals surface area contributed by atoms with Crippen molar-refractivity contribution < 1.29 is 9.90 Å². The van der Waals surface area contributed by atoms with Crippen LogP contribution in [0.25, 0.3) is 0 Å². The summed E-state index contributed by atoms with van der Waals surface area (Å²) in [6, 6.07) is 0. The molecule has 1 aromatic heterocycles. The summed E-state index contributed by atoms with van der Waals surface area (Å²) < 4.78 is 0. The molecule has 0 saturated carbocycles. The normalized spacial score (nSPS) is 12.1. The number of hydrogen-bond acceptors (Lipinski definition) is 3. The molecule has 1 rings (SSSR count). The lowest BCUT2D eigenvalue weighted by atomic mass is 9.90. The van der Waals surface area contributed by atoms with Crippen LogP contribution in [0.15, 0.2) is 5.38 Å². The smallest absolute Gasteiger partial charge is 0.304 e. The zero-order valence-corrected chi connectivity index (χ0v) is 10.4. The Morgan fingerprint density at radius 3 is 2.60 bits per heavy atom. The molecule has 15 heavy (non-hydrogen) atoms. The van der Waals surface area contributed by atoms with E-state index in [9.17, 15) is 4.79 Å². The number of hydrogen-bond donors (Lipinski definition) is 1. The van der Waals surface area contributed by atoms with Crippen molar-refractivity contribution in [3.8, 4) is 0 Å². The fourth-order valence-corrected chi connectivity index (χ4v) is 2.42. The SMILES string of the molecule is CC(C)c1csc(C(C)(C)CC(=O)O)n1. The fraction of sp³-hybridized carbons (Fsp3) is 0.636. The molecule has 0 atom stereocenters. The average Bonchev–Trinajstić information content (AvgIpc) is 2.48. The van der Waals surface area contributed by atoms with E-state index >= 15 is 0 Å². The molecule has 4 heteroatoms. The van der Waals surface area contributed by atoms with Crippen LogP contribution in [-0.2, 0) is 10.2 Å². The second kappa shape index (κ2) is 4.31. The van der Waals surface area contributed by atoms with E-state index < -0.39 is 5.97 Å². The topological polar surface area (TPSA) is 50.2 Å². The van der Waals surface area contributed by atoms with Gasteiger partial charge in [0, 0.05) is 10.8 Å². The van der Waals surface area contributed by atoms with Crippen LogP contribution in [0.2, 0.25) is 0 Å². The Bertz CT molecular complexity index is 355. The molecule has 0 unspecified atom stereocenters. The van der Waals surface area contributed by atoms with Gasteiger partial charge >= 0.3 is 5.97 Å². The minimum absolute atomic E-state index is 0.123. The Labute approximate surface area is 94.2 Å². The van der Waals surface area contributed by atoms with Crippen LogP contribution >= 0.6 is 11.3 Å². The van der Waals surface area contributed by atoms with Crippen LogP contribution in [0.3, 0.4) is 0 Å². The first-order valence-corrected chi connectivity index (χ1v) is 5.88. The van der Waals surface area contributed by atoms with E-state index in [1.807, 2.05) is 19.2 Å². The highest BCUT2D eigenvalue weighted by Crippen LogP contribution is 2.31. The first-order valence-electron chi connectivity index (χ1n) is 5.00. The van der Waals surface area contributed by atoms with Gasteiger partial charge < -0.3 is 5.11 Å². The van der Waals surface area contributed by atoms with E-state index in [1.54, 1.807) is 11.3 Å². The van der Waals surface area contributed by atoms with E-state index in [0.29, 0.717) is 5.92 Å². The van der Waals surface area contributed by atoms with Gasteiger partial charge in [0.05, 0.1) is 17.1 Å². The molecule has 0 aliphatic heterocycles. The minimum Gasteiger partial charge on any atom is -0.481 e. The zero-order valence-electron chi connectivity index (χ0n) is 9.57. The van der Waals surface area contributed by atoms with Crippen LogP contribution < -0.4 is 0 Å². The van der Waals surface area contributed by atoms with Crippen molar-refractivity contribution in [1.82, 2.24) is 4.98 Å². The van der Waals surface area contributed by atoms with Crippen LogP contribution in [-0.4, -0.2) is 16.1 Å². The lowest BCUT2D eigenvalue weighted by Gasteiger charge is -2.18. The summed E-state index contributed by atoms with van der Waals surface area (Å²) in [5.41, 5.74) is 0.678. The fourth-order valence-electron chi connectivity index (χ4n) is 1.32. The van der Waals surface area contributed by atoms with E-state index in [4.69, 9.17) is 5.11 Å². The van der Waals surface area contributed by atoms with Crippen molar-refractivity contribution in [3.05, 3.63) is 16.1 Å². The second-order valence-corrected chi connectivity index (χ2v) is 5.54. The quantitative estimate of drug-likeness (QED) is 0.860. The van der Waals surface area contributed by atoms with Crippen LogP contribution in [0.1, 0.15) is 50.7 Å². The van der Waals surface area contributed by atoms with Crippen molar-refractivity contribution in [2.45, 2.75) is 45.4 Å². The molecule has 0 fully saturated rings. The molecule has 0 amide bonds. The highest BCUT2D eigenvalue weighted by molar-refractivity contribution is 7.09. The standard InChI is InChI=1S/C11H17NO2S/c1-7(2)8-6-15-10(12-8)11(3,4)5-9(13)14/h6-7H,5H2,1-4H3,(H,13,14). The van der Waals surface area contributed by atoms with Gasteiger partial charge in [-0.1, -0.05) is 27.7 Å². The molecule has 84 valence electrons. The summed E-state index contributed by atoms with van der Waals surface area (Å²) in [7, 11) is 0. The Morgan fingerprint density at radius 1 is 1.60 bits per heavy atom. The third kappa shape index (κ3) is 3.02. The number of aliphatic carboxylic acids is 1. The maximum Gasteiger partial charge on any atom is 0.304 e. The average molecular weight is 227 g/mol. The predicted molar refractivity (Wildman–Crippen MR) is 61.5 cm³/mol. The molecule has 0 bridgehead atoms. The largest absolute Gasteiger partial charge is 0.481 e. The molecule has 3 nitrogen and oxygen atoms in total. The molecular formula is C11H17NO2S. The molecule has 1 aromatic rings. The predicted octanol–water partition coefficient (Wildman–Crippen LogP) is 3.02. The number of thiazole rings is 1. The second-order valence-electron chi connectivity index (χ2n) is 4.69. The third-order valence-electron chi connectivity index (χ3n) is 2.29. The van der Waals surface area contributed by atoms with Crippen molar-refractivity contribution in [1.29, 1.82) is 0 Å². The van der Waals surface area contributed by atoms with E-state index in [-0.39, 0.29) is 11.8 Å². The number of carboxylic acids is 1. The number of carbonyl (C=O) groups is 1. The van der Waals surface area contributed by atoms with Gasteiger partial charge in [0.1, 0.15) is 0 Å². The summed E-state index contributed by atoms with van der Waals surface area (Å²) in [6.45, 7) is 8.01. The van der Waals surface area contributed by atoms with Crippen LogP contribution in [0, 0.1) is 0 Å². The highest BCUT2D eigenvalue weighted by atomic mass is 32.1. The summed E-state index contributed by atoms with van der Waals surface area (Å²) in [6.07, 6.45) is 0.123. The first kappa shape index (κ1) is 12.2. The van der Waals surface area contributed by atoms with Gasteiger partial charge in [-0.3, -0.25) is 4.79 Å². The Morgan fingerprint density at radius 2 is 2.20 bits per heavy atom. The van der Waals surface area contributed by atoms with E-state index in [2.05, 4.69) is 18.8 Å². The van der Waals surface area contributed by atoms with Gasteiger partial charge in [0.15, 0.2) is 0 Å². The van der Waals surface area contributed by atoms with Crippen LogP contribution in [0.5, 0.6) is 0 Å². The van der Waals surface area contributed by atoms with Gasteiger partial charge in [0.25, 0.3) is 0 Å². The lowest BCUT2D eigenvalue weighted by Crippen LogP contribution is -2.21.